The highest BCUT2D eigenvalue weighted by atomic mass is 16.3. The van der Waals surface area contributed by atoms with Crippen molar-refractivity contribution in [1.29, 1.82) is 0 Å². The van der Waals surface area contributed by atoms with Crippen molar-refractivity contribution in [3.05, 3.63) is 35.9 Å². The lowest BCUT2D eigenvalue weighted by Crippen LogP contribution is -2.35. The minimum Gasteiger partial charge on any atom is -0.394 e. The van der Waals surface area contributed by atoms with Crippen LogP contribution < -0.4 is 0 Å². The van der Waals surface area contributed by atoms with Crippen molar-refractivity contribution < 1.29 is 5.11 Å². The molecule has 1 heterocycles. The zero-order valence-electron chi connectivity index (χ0n) is 9.10. The largest absolute Gasteiger partial charge is 0.394 e. The fourth-order valence-corrected chi connectivity index (χ4v) is 2.34. The van der Waals surface area contributed by atoms with E-state index >= 15 is 0 Å². The summed E-state index contributed by atoms with van der Waals surface area (Å²) >= 11 is 0. The van der Waals surface area contributed by atoms with E-state index in [-0.39, 0.29) is 12.6 Å². The van der Waals surface area contributed by atoms with Crippen LogP contribution in [-0.4, -0.2) is 29.7 Å². The number of benzene rings is 1. The lowest BCUT2D eigenvalue weighted by Gasteiger charge is -2.33. The van der Waals surface area contributed by atoms with Crippen LogP contribution >= 0.6 is 0 Å². The number of aliphatic hydroxyl groups excluding tert-OH is 1. The Morgan fingerprint density at radius 2 is 1.73 bits per heavy atom. The third-order valence-electron chi connectivity index (χ3n) is 3.19. The SMILES string of the molecule is OC[C@@H](c1ccccc1)N1CCCCC1. The van der Waals surface area contributed by atoms with Crippen LogP contribution in [0, 0.1) is 0 Å². The molecule has 2 heteroatoms. The first-order valence-corrected chi connectivity index (χ1v) is 5.81. The third-order valence-corrected chi connectivity index (χ3v) is 3.19. The van der Waals surface area contributed by atoms with Crippen LogP contribution in [0.1, 0.15) is 30.9 Å². The van der Waals surface area contributed by atoms with Crippen molar-refractivity contribution in [1.82, 2.24) is 4.90 Å². The van der Waals surface area contributed by atoms with Crippen LogP contribution in [0.4, 0.5) is 0 Å². The molecule has 0 aliphatic carbocycles. The topological polar surface area (TPSA) is 23.5 Å². The third kappa shape index (κ3) is 2.58. The molecule has 1 aliphatic heterocycles. The van der Waals surface area contributed by atoms with Crippen LogP contribution in [0.15, 0.2) is 30.3 Å². The number of likely N-dealkylation sites (tertiary alicyclic amines) is 1. The van der Waals surface area contributed by atoms with Gasteiger partial charge in [0.05, 0.1) is 12.6 Å². The summed E-state index contributed by atoms with van der Waals surface area (Å²) in [5.41, 5.74) is 1.24. The Bertz CT molecular complexity index is 280. The first-order chi connectivity index (χ1) is 7.42. The predicted molar refractivity (Wildman–Crippen MR) is 61.7 cm³/mol. The van der Waals surface area contributed by atoms with Crippen molar-refractivity contribution in [2.45, 2.75) is 25.3 Å². The lowest BCUT2D eigenvalue weighted by molar-refractivity contribution is 0.104. The van der Waals surface area contributed by atoms with E-state index in [0.29, 0.717) is 0 Å². The number of nitrogens with zero attached hydrogens (tertiary/aromatic N) is 1. The molecule has 0 amide bonds. The molecule has 1 aromatic carbocycles. The Morgan fingerprint density at radius 3 is 2.33 bits per heavy atom. The van der Waals surface area contributed by atoms with Crippen molar-refractivity contribution in [3.8, 4) is 0 Å². The maximum absolute atomic E-state index is 9.49. The van der Waals surface area contributed by atoms with Gasteiger partial charge in [0.15, 0.2) is 0 Å². The molecule has 0 radical (unpaired) electrons. The molecule has 0 aromatic heterocycles. The van der Waals surface area contributed by atoms with E-state index in [9.17, 15) is 5.11 Å². The first-order valence-electron chi connectivity index (χ1n) is 5.81. The minimum atomic E-state index is 0.200. The Hall–Kier alpha value is -0.860. The molecule has 2 rings (SSSR count). The maximum atomic E-state index is 9.49. The van der Waals surface area contributed by atoms with E-state index in [1.807, 2.05) is 18.2 Å². The minimum absolute atomic E-state index is 0.200. The first kappa shape index (κ1) is 10.7. The lowest BCUT2D eigenvalue weighted by atomic mass is 10.0. The second-order valence-corrected chi connectivity index (χ2v) is 4.21. The number of hydrogen-bond donors (Lipinski definition) is 1. The molecule has 1 aromatic rings. The average molecular weight is 205 g/mol. The molecule has 1 atom stereocenters. The Labute approximate surface area is 91.5 Å². The van der Waals surface area contributed by atoms with Gasteiger partial charge in [-0.05, 0) is 31.5 Å². The molecule has 0 saturated carbocycles. The van der Waals surface area contributed by atoms with Crippen molar-refractivity contribution in [2.75, 3.05) is 19.7 Å². The Morgan fingerprint density at radius 1 is 1.07 bits per heavy atom. The average Bonchev–Trinajstić information content (AvgIpc) is 2.33. The van der Waals surface area contributed by atoms with E-state index in [2.05, 4.69) is 17.0 Å². The number of piperidine rings is 1. The summed E-state index contributed by atoms with van der Waals surface area (Å²) < 4.78 is 0. The van der Waals surface area contributed by atoms with Gasteiger partial charge in [-0.25, -0.2) is 0 Å². The van der Waals surface area contributed by atoms with Gasteiger partial charge in [-0.1, -0.05) is 36.8 Å². The van der Waals surface area contributed by atoms with Gasteiger partial charge >= 0.3 is 0 Å². The van der Waals surface area contributed by atoms with Crippen molar-refractivity contribution >= 4 is 0 Å². The molecular weight excluding hydrogens is 186 g/mol. The van der Waals surface area contributed by atoms with Crippen LogP contribution in [0.25, 0.3) is 0 Å². The molecular formula is C13H19NO. The summed E-state index contributed by atoms with van der Waals surface area (Å²) in [7, 11) is 0. The van der Waals surface area contributed by atoms with Gasteiger partial charge in [0.2, 0.25) is 0 Å². The molecule has 0 spiro atoms. The van der Waals surface area contributed by atoms with Gasteiger partial charge in [-0.2, -0.15) is 0 Å². The van der Waals surface area contributed by atoms with E-state index in [0.717, 1.165) is 13.1 Å². The van der Waals surface area contributed by atoms with Gasteiger partial charge in [-0.3, -0.25) is 4.90 Å². The molecule has 0 bridgehead atoms. The van der Waals surface area contributed by atoms with E-state index < -0.39 is 0 Å². The second-order valence-electron chi connectivity index (χ2n) is 4.21. The second kappa shape index (κ2) is 5.29. The van der Waals surface area contributed by atoms with E-state index in [1.54, 1.807) is 0 Å². The fourth-order valence-electron chi connectivity index (χ4n) is 2.34. The van der Waals surface area contributed by atoms with E-state index in [1.165, 1.54) is 24.8 Å². The van der Waals surface area contributed by atoms with Crippen LogP contribution in [0.3, 0.4) is 0 Å². The standard InChI is InChI=1S/C13H19NO/c15-11-13(12-7-3-1-4-8-12)14-9-5-2-6-10-14/h1,3-4,7-8,13,15H,2,5-6,9-11H2/t13-/m0/s1. The van der Waals surface area contributed by atoms with Crippen LogP contribution in [0.2, 0.25) is 0 Å². The van der Waals surface area contributed by atoms with Gasteiger partial charge in [0, 0.05) is 0 Å². The summed E-state index contributed by atoms with van der Waals surface area (Å²) in [6, 6.07) is 10.5. The fraction of sp³-hybridized carbons (Fsp3) is 0.538. The Balaban J connectivity index is 2.09. The molecule has 1 saturated heterocycles. The summed E-state index contributed by atoms with van der Waals surface area (Å²) in [5.74, 6) is 0. The number of rotatable bonds is 3. The molecule has 15 heavy (non-hydrogen) atoms. The number of aliphatic hydroxyl groups is 1. The summed E-state index contributed by atoms with van der Waals surface area (Å²) in [6.45, 7) is 2.48. The molecule has 82 valence electrons. The van der Waals surface area contributed by atoms with Crippen molar-refractivity contribution in [2.24, 2.45) is 0 Å². The quantitative estimate of drug-likeness (QED) is 0.817. The van der Waals surface area contributed by atoms with Crippen LogP contribution in [-0.2, 0) is 0 Å². The highest BCUT2D eigenvalue weighted by molar-refractivity contribution is 5.19. The monoisotopic (exact) mass is 205 g/mol. The highest BCUT2D eigenvalue weighted by Gasteiger charge is 2.20. The zero-order valence-corrected chi connectivity index (χ0v) is 9.10. The van der Waals surface area contributed by atoms with Gasteiger partial charge < -0.3 is 5.11 Å². The maximum Gasteiger partial charge on any atom is 0.0628 e. The summed E-state index contributed by atoms with van der Waals surface area (Å²) in [6.07, 6.45) is 3.87. The molecule has 1 fully saturated rings. The normalized spacial score (nSPS) is 20.1. The number of hydrogen-bond acceptors (Lipinski definition) is 2. The van der Waals surface area contributed by atoms with Gasteiger partial charge in [0.25, 0.3) is 0 Å². The smallest absolute Gasteiger partial charge is 0.0628 e. The molecule has 1 aliphatic rings. The Kier molecular flexibility index (Phi) is 3.75. The van der Waals surface area contributed by atoms with Gasteiger partial charge in [-0.15, -0.1) is 0 Å². The molecule has 2 nitrogen and oxygen atoms in total. The van der Waals surface area contributed by atoms with Crippen molar-refractivity contribution in [3.63, 3.8) is 0 Å². The van der Waals surface area contributed by atoms with Gasteiger partial charge in [0.1, 0.15) is 0 Å². The van der Waals surface area contributed by atoms with Crippen LogP contribution in [0.5, 0.6) is 0 Å². The predicted octanol–water partition coefficient (Wildman–Crippen LogP) is 2.21. The summed E-state index contributed by atoms with van der Waals surface area (Å²) in [5, 5.41) is 9.49. The highest BCUT2D eigenvalue weighted by Crippen LogP contribution is 2.23. The van der Waals surface area contributed by atoms with E-state index in [4.69, 9.17) is 0 Å². The molecule has 0 unspecified atom stereocenters. The zero-order chi connectivity index (χ0) is 10.5. The molecule has 1 N–H and O–H groups in total. The summed E-state index contributed by atoms with van der Waals surface area (Å²) in [4.78, 5) is 2.40.